The number of thiophene rings is 1. The highest BCUT2D eigenvalue weighted by atomic mass is 35.5. The van der Waals surface area contributed by atoms with E-state index in [1.165, 1.54) is 37.0 Å². The van der Waals surface area contributed by atoms with Crippen molar-refractivity contribution in [1.29, 1.82) is 0 Å². The van der Waals surface area contributed by atoms with Crippen LogP contribution in [0.5, 0.6) is 0 Å². The number of H-pyrrole nitrogens is 1. The molecule has 4 aromatic rings. The summed E-state index contributed by atoms with van der Waals surface area (Å²) in [6, 6.07) is 8.06. The SMILES string of the molecule is O=c1[nH]c(CSc2nnc(C3CC3)n2C2CC2)nc2scc(-c3ccc(Cl)cc3)c12. The van der Waals surface area contributed by atoms with Crippen LogP contribution in [-0.4, -0.2) is 24.7 Å². The van der Waals surface area contributed by atoms with Gasteiger partial charge in [0.05, 0.1) is 11.1 Å². The lowest BCUT2D eigenvalue weighted by atomic mass is 10.1. The van der Waals surface area contributed by atoms with E-state index in [2.05, 4.69) is 19.7 Å². The van der Waals surface area contributed by atoms with Crippen LogP contribution >= 0.6 is 34.7 Å². The molecule has 0 aliphatic heterocycles. The van der Waals surface area contributed by atoms with Gasteiger partial charge in [-0.1, -0.05) is 35.5 Å². The third-order valence-electron chi connectivity index (χ3n) is 5.53. The van der Waals surface area contributed by atoms with Gasteiger partial charge in [-0.15, -0.1) is 21.5 Å². The van der Waals surface area contributed by atoms with Crippen LogP contribution in [-0.2, 0) is 5.75 Å². The zero-order valence-electron chi connectivity index (χ0n) is 16.0. The fourth-order valence-corrected chi connectivity index (χ4v) is 5.69. The summed E-state index contributed by atoms with van der Waals surface area (Å²) in [6.45, 7) is 0. The monoisotopic (exact) mass is 455 g/mol. The standard InChI is InChI=1S/C21H18ClN5OS2/c22-13-5-3-11(4-6-13)15-9-29-20-17(15)19(28)23-16(24-20)10-30-21-26-25-18(12-1-2-12)27(21)14-7-8-14/h3-6,9,12,14H,1-2,7-8,10H2,(H,23,24,28). The number of thioether (sulfide) groups is 1. The van der Waals surface area contributed by atoms with Crippen LogP contribution in [0.15, 0.2) is 39.6 Å². The number of aromatic nitrogens is 5. The number of hydrogen-bond acceptors (Lipinski definition) is 6. The van der Waals surface area contributed by atoms with Crippen molar-refractivity contribution in [2.24, 2.45) is 0 Å². The van der Waals surface area contributed by atoms with E-state index < -0.39 is 0 Å². The van der Waals surface area contributed by atoms with E-state index in [4.69, 9.17) is 16.6 Å². The van der Waals surface area contributed by atoms with Crippen molar-refractivity contribution in [1.82, 2.24) is 24.7 Å². The number of benzene rings is 1. The zero-order chi connectivity index (χ0) is 20.2. The Morgan fingerprint density at radius 2 is 1.97 bits per heavy atom. The van der Waals surface area contributed by atoms with Crippen molar-refractivity contribution in [2.45, 2.75) is 48.6 Å². The van der Waals surface area contributed by atoms with E-state index in [-0.39, 0.29) is 5.56 Å². The van der Waals surface area contributed by atoms with Gasteiger partial charge in [-0.25, -0.2) is 4.98 Å². The maximum Gasteiger partial charge on any atom is 0.260 e. The Labute approximate surface area is 185 Å². The van der Waals surface area contributed by atoms with Crippen LogP contribution in [0.1, 0.15) is 49.3 Å². The Morgan fingerprint density at radius 3 is 2.70 bits per heavy atom. The molecule has 1 N–H and O–H groups in total. The molecule has 6 rings (SSSR count). The zero-order valence-corrected chi connectivity index (χ0v) is 18.4. The van der Waals surface area contributed by atoms with Crippen molar-refractivity contribution in [3.63, 3.8) is 0 Å². The summed E-state index contributed by atoms with van der Waals surface area (Å²) >= 11 is 9.09. The molecule has 3 heterocycles. The van der Waals surface area contributed by atoms with Crippen LogP contribution in [0.25, 0.3) is 21.3 Å². The van der Waals surface area contributed by atoms with Gasteiger partial charge in [-0.05, 0) is 43.4 Å². The van der Waals surface area contributed by atoms with E-state index >= 15 is 0 Å². The number of halogens is 1. The molecule has 9 heteroatoms. The van der Waals surface area contributed by atoms with Crippen molar-refractivity contribution in [3.05, 3.63) is 56.7 Å². The molecule has 6 nitrogen and oxygen atoms in total. The molecule has 2 fully saturated rings. The lowest BCUT2D eigenvalue weighted by Crippen LogP contribution is -2.11. The maximum atomic E-state index is 12.9. The van der Waals surface area contributed by atoms with E-state index in [1.54, 1.807) is 11.8 Å². The fraction of sp³-hybridized carbons (Fsp3) is 0.333. The smallest absolute Gasteiger partial charge is 0.260 e. The van der Waals surface area contributed by atoms with Crippen LogP contribution in [0.4, 0.5) is 0 Å². The average molecular weight is 456 g/mol. The summed E-state index contributed by atoms with van der Waals surface area (Å²) in [5.74, 6) is 2.96. The maximum absolute atomic E-state index is 12.9. The van der Waals surface area contributed by atoms with E-state index in [9.17, 15) is 4.79 Å². The van der Waals surface area contributed by atoms with Crippen molar-refractivity contribution < 1.29 is 0 Å². The normalized spacial score (nSPS) is 16.4. The van der Waals surface area contributed by atoms with Gasteiger partial charge in [-0.3, -0.25) is 4.79 Å². The summed E-state index contributed by atoms with van der Waals surface area (Å²) in [5.41, 5.74) is 1.75. The number of rotatable bonds is 6. The Hall–Kier alpha value is -2.16. The first-order valence-corrected chi connectivity index (χ1v) is 12.3. The molecular formula is C21H18ClN5OS2. The highest BCUT2D eigenvalue weighted by Crippen LogP contribution is 2.46. The fourth-order valence-electron chi connectivity index (χ4n) is 3.72. The number of aromatic amines is 1. The number of nitrogens with one attached hydrogen (secondary N) is 1. The second-order valence-corrected chi connectivity index (χ2v) is 10.1. The minimum absolute atomic E-state index is 0.107. The van der Waals surface area contributed by atoms with Gasteiger partial charge in [0.1, 0.15) is 16.5 Å². The van der Waals surface area contributed by atoms with Crippen molar-refractivity contribution in [2.75, 3.05) is 0 Å². The van der Waals surface area contributed by atoms with Crippen LogP contribution < -0.4 is 5.56 Å². The van der Waals surface area contributed by atoms with Gasteiger partial charge in [0.25, 0.3) is 5.56 Å². The molecule has 0 spiro atoms. The second-order valence-electron chi connectivity index (χ2n) is 7.85. The largest absolute Gasteiger partial charge is 0.309 e. The molecule has 152 valence electrons. The van der Waals surface area contributed by atoms with E-state index in [1.807, 2.05) is 29.6 Å². The molecule has 2 aliphatic carbocycles. The molecule has 0 atom stereocenters. The molecule has 30 heavy (non-hydrogen) atoms. The highest BCUT2D eigenvalue weighted by molar-refractivity contribution is 7.98. The molecular weight excluding hydrogens is 438 g/mol. The Bertz CT molecular complexity index is 1300. The van der Waals surface area contributed by atoms with E-state index in [0.29, 0.717) is 33.9 Å². The highest BCUT2D eigenvalue weighted by Gasteiger charge is 2.36. The summed E-state index contributed by atoms with van der Waals surface area (Å²) in [6.07, 6.45) is 4.84. The first-order valence-electron chi connectivity index (χ1n) is 10.0. The molecule has 1 aromatic carbocycles. The first kappa shape index (κ1) is 18.6. The predicted molar refractivity (Wildman–Crippen MR) is 121 cm³/mol. The second kappa shape index (κ2) is 7.21. The molecule has 0 saturated heterocycles. The van der Waals surface area contributed by atoms with Gasteiger partial charge in [0.15, 0.2) is 5.16 Å². The molecule has 3 aromatic heterocycles. The van der Waals surface area contributed by atoms with Gasteiger partial charge >= 0.3 is 0 Å². The number of nitrogens with zero attached hydrogens (tertiary/aromatic N) is 4. The van der Waals surface area contributed by atoms with Crippen LogP contribution in [0, 0.1) is 0 Å². The summed E-state index contributed by atoms with van der Waals surface area (Å²) in [5, 5.41) is 13.1. The van der Waals surface area contributed by atoms with Gasteiger partial charge in [-0.2, -0.15) is 0 Å². The summed E-state index contributed by atoms with van der Waals surface area (Å²) in [7, 11) is 0. The summed E-state index contributed by atoms with van der Waals surface area (Å²) in [4.78, 5) is 21.3. The Morgan fingerprint density at radius 1 is 1.17 bits per heavy atom. The lowest BCUT2D eigenvalue weighted by Gasteiger charge is -2.08. The topological polar surface area (TPSA) is 76.5 Å². The molecule has 2 aliphatic rings. The minimum Gasteiger partial charge on any atom is -0.309 e. The average Bonchev–Trinajstić information content (AvgIpc) is 3.68. The lowest BCUT2D eigenvalue weighted by molar-refractivity contribution is 0.626. The third-order valence-corrected chi connectivity index (χ3v) is 7.61. The number of fused-ring (bicyclic) bond motifs is 1. The van der Waals surface area contributed by atoms with Crippen LogP contribution in [0.2, 0.25) is 5.02 Å². The predicted octanol–water partition coefficient (Wildman–Crippen LogP) is 5.40. The molecule has 0 amide bonds. The Kier molecular flexibility index (Phi) is 4.47. The van der Waals surface area contributed by atoms with Gasteiger partial charge in [0.2, 0.25) is 0 Å². The summed E-state index contributed by atoms with van der Waals surface area (Å²) < 4.78 is 2.32. The molecule has 0 unspecified atom stereocenters. The molecule has 2 saturated carbocycles. The van der Waals surface area contributed by atoms with Crippen molar-refractivity contribution in [3.8, 4) is 11.1 Å². The van der Waals surface area contributed by atoms with Crippen molar-refractivity contribution >= 4 is 44.9 Å². The van der Waals surface area contributed by atoms with E-state index in [0.717, 1.165) is 26.9 Å². The molecule has 0 radical (unpaired) electrons. The van der Waals surface area contributed by atoms with Gasteiger partial charge in [0, 0.05) is 27.9 Å². The quantitative estimate of drug-likeness (QED) is 0.394. The molecule has 0 bridgehead atoms. The third kappa shape index (κ3) is 3.36. The minimum atomic E-state index is -0.107. The van der Waals surface area contributed by atoms with Gasteiger partial charge < -0.3 is 9.55 Å². The number of hydrogen-bond donors (Lipinski definition) is 1. The Balaban J connectivity index is 1.29. The first-order chi connectivity index (χ1) is 14.7. The van der Waals surface area contributed by atoms with Crippen LogP contribution in [0.3, 0.4) is 0 Å².